The molecule has 0 saturated heterocycles. The van der Waals surface area contributed by atoms with E-state index in [2.05, 4.69) is 20.8 Å². The zero-order chi connectivity index (χ0) is 17.1. The van der Waals surface area contributed by atoms with Crippen molar-refractivity contribution in [1.82, 2.24) is 10.2 Å². The number of hydrogen-bond acceptors (Lipinski definition) is 7. The van der Waals surface area contributed by atoms with E-state index < -0.39 is 0 Å². The number of nitrogens with one attached hydrogen (secondary N) is 2. The van der Waals surface area contributed by atoms with Crippen molar-refractivity contribution in [2.24, 2.45) is 0 Å². The minimum Gasteiger partial charge on any atom is -0.378 e. The van der Waals surface area contributed by atoms with Gasteiger partial charge in [-0.2, -0.15) is 0 Å². The second-order valence-corrected chi connectivity index (χ2v) is 8.55. The molecule has 0 radical (unpaired) electrons. The van der Waals surface area contributed by atoms with Crippen LogP contribution in [0, 0.1) is 0 Å². The fraction of sp³-hybridized carbons (Fsp3) is 0.438. The number of nitrogens with zero attached hydrogens (tertiary/aromatic N) is 3. The van der Waals surface area contributed by atoms with Crippen molar-refractivity contribution in [3.05, 3.63) is 24.3 Å². The summed E-state index contributed by atoms with van der Waals surface area (Å²) in [5.74, 6) is -0.0375. The van der Waals surface area contributed by atoms with Crippen molar-refractivity contribution in [3.8, 4) is 0 Å². The molecule has 2 N–H and O–H groups in total. The lowest BCUT2D eigenvalue weighted by Crippen LogP contribution is -2.22. The Morgan fingerprint density at radius 2 is 2.00 bits per heavy atom. The Hall–Kier alpha value is -1.80. The first kappa shape index (κ1) is 17.0. The van der Waals surface area contributed by atoms with Gasteiger partial charge in [0.1, 0.15) is 0 Å². The monoisotopic (exact) mass is 363 g/mol. The third-order valence-electron chi connectivity index (χ3n) is 3.61. The van der Waals surface area contributed by atoms with E-state index in [0.29, 0.717) is 6.04 Å². The highest BCUT2D eigenvalue weighted by Crippen LogP contribution is 2.32. The average molecular weight is 364 g/mol. The molecule has 1 aromatic heterocycles. The molecule has 0 spiro atoms. The molecule has 1 aliphatic rings. The van der Waals surface area contributed by atoms with Crippen LogP contribution in [0.2, 0.25) is 0 Å². The second kappa shape index (κ2) is 7.40. The van der Waals surface area contributed by atoms with Gasteiger partial charge in [-0.3, -0.25) is 4.79 Å². The number of amides is 1. The molecule has 1 fully saturated rings. The maximum atomic E-state index is 12.3. The summed E-state index contributed by atoms with van der Waals surface area (Å²) >= 11 is 2.93. The first-order chi connectivity index (χ1) is 11.5. The predicted molar refractivity (Wildman–Crippen MR) is 101 cm³/mol. The summed E-state index contributed by atoms with van der Waals surface area (Å²) in [7, 11) is 3.97. The molecule has 1 heterocycles. The number of benzene rings is 1. The molecule has 128 valence electrons. The van der Waals surface area contributed by atoms with Gasteiger partial charge in [-0.1, -0.05) is 23.1 Å². The lowest BCUT2D eigenvalue weighted by molar-refractivity contribution is -0.115. The van der Waals surface area contributed by atoms with Crippen molar-refractivity contribution >= 4 is 45.5 Å². The summed E-state index contributed by atoms with van der Waals surface area (Å²) in [6.07, 6.45) is 2.40. The smallest absolute Gasteiger partial charge is 0.237 e. The summed E-state index contributed by atoms with van der Waals surface area (Å²) in [4.78, 5) is 14.3. The van der Waals surface area contributed by atoms with Crippen molar-refractivity contribution < 1.29 is 4.79 Å². The molecule has 1 saturated carbocycles. The maximum Gasteiger partial charge on any atom is 0.237 e. The molecule has 1 amide bonds. The van der Waals surface area contributed by atoms with Crippen molar-refractivity contribution in [3.63, 3.8) is 0 Å². The van der Waals surface area contributed by atoms with Crippen molar-refractivity contribution in [1.29, 1.82) is 0 Å². The maximum absolute atomic E-state index is 12.3. The zero-order valence-electron chi connectivity index (χ0n) is 13.9. The van der Waals surface area contributed by atoms with Crippen LogP contribution in [-0.2, 0) is 4.79 Å². The van der Waals surface area contributed by atoms with Crippen molar-refractivity contribution in [2.75, 3.05) is 29.6 Å². The minimum absolute atomic E-state index is 0.0375. The first-order valence-electron chi connectivity index (χ1n) is 7.86. The summed E-state index contributed by atoms with van der Waals surface area (Å²) in [5.41, 5.74) is 1.89. The van der Waals surface area contributed by atoms with E-state index in [4.69, 9.17) is 0 Å². The van der Waals surface area contributed by atoms with Crippen LogP contribution in [0.4, 0.5) is 16.5 Å². The number of rotatable bonds is 7. The largest absolute Gasteiger partial charge is 0.378 e. The molecule has 2 aromatic rings. The third-order valence-corrected chi connectivity index (χ3v) is 5.65. The normalized spacial score (nSPS) is 15.0. The number of anilines is 3. The molecule has 1 unspecified atom stereocenters. The van der Waals surface area contributed by atoms with E-state index in [1.807, 2.05) is 50.2 Å². The van der Waals surface area contributed by atoms with Crippen LogP contribution in [0.25, 0.3) is 0 Å². The van der Waals surface area contributed by atoms with E-state index in [-0.39, 0.29) is 11.2 Å². The fourth-order valence-electron chi connectivity index (χ4n) is 2.01. The highest BCUT2D eigenvalue weighted by molar-refractivity contribution is 8.02. The van der Waals surface area contributed by atoms with E-state index in [0.717, 1.165) is 20.8 Å². The molecule has 6 nitrogen and oxygen atoms in total. The molecule has 24 heavy (non-hydrogen) atoms. The van der Waals surface area contributed by atoms with Crippen LogP contribution in [0.1, 0.15) is 19.8 Å². The van der Waals surface area contributed by atoms with E-state index in [9.17, 15) is 4.79 Å². The van der Waals surface area contributed by atoms with Gasteiger partial charge < -0.3 is 15.5 Å². The van der Waals surface area contributed by atoms with Gasteiger partial charge in [0.15, 0.2) is 4.34 Å². The van der Waals surface area contributed by atoms with E-state index in [1.165, 1.54) is 35.9 Å². The average Bonchev–Trinajstić information content (AvgIpc) is 3.26. The number of carbonyl (C=O) groups excluding carboxylic acids is 1. The van der Waals surface area contributed by atoms with Gasteiger partial charge in [0.25, 0.3) is 0 Å². The number of thioether (sulfide) groups is 1. The van der Waals surface area contributed by atoms with Crippen LogP contribution in [-0.4, -0.2) is 41.5 Å². The fourth-order valence-corrected chi connectivity index (χ4v) is 3.98. The zero-order valence-corrected chi connectivity index (χ0v) is 15.6. The highest BCUT2D eigenvalue weighted by atomic mass is 32.2. The molecular weight excluding hydrogens is 342 g/mol. The first-order valence-corrected chi connectivity index (χ1v) is 9.56. The van der Waals surface area contributed by atoms with Gasteiger partial charge >= 0.3 is 0 Å². The second-order valence-electron chi connectivity index (χ2n) is 5.98. The molecule has 1 aromatic carbocycles. The summed E-state index contributed by atoms with van der Waals surface area (Å²) in [6.45, 7) is 1.88. The van der Waals surface area contributed by atoms with E-state index >= 15 is 0 Å². The minimum atomic E-state index is -0.236. The van der Waals surface area contributed by atoms with Gasteiger partial charge in [-0.25, -0.2) is 0 Å². The summed E-state index contributed by atoms with van der Waals surface area (Å²) < 4.78 is 0.809. The van der Waals surface area contributed by atoms with Gasteiger partial charge in [0, 0.05) is 31.5 Å². The van der Waals surface area contributed by atoms with Crippen LogP contribution in [0.3, 0.4) is 0 Å². The van der Waals surface area contributed by atoms with Crippen LogP contribution in [0.5, 0.6) is 0 Å². The quantitative estimate of drug-likeness (QED) is 0.736. The Labute approximate surface area is 150 Å². The van der Waals surface area contributed by atoms with Gasteiger partial charge in [-0.15, -0.1) is 10.2 Å². The Balaban J connectivity index is 1.52. The van der Waals surface area contributed by atoms with Crippen molar-refractivity contribution in [2.45, 2.75) is 35.4 Å². The lowest BCUT2D eigenvalue weighted by Gasteiger charge is -2.14. The number of hydrogen-bond donors (Lipinski definition) is 2. The number of aromatic nitrogens is 2. The Bertz CT molecular complexity index is 697. The van der Waals surface area contributed by atoms with Gasteiger partial charge in [-0.05, 0) is 44.0 Å². The lowest BCUT2D eigenvalue weighted by atomic mass is 10.2. The van der Waals surface area contributed by atoms with Gasteiger partial charge in [0.2, 0.25) is 11.0 Å². The highest BCUT2D eigenvalue weighted by Gasteiger charge is 2.23. The van der Waals surface area contributed by atoms with Crippen LogP contribution < -0.4 is 15.5 Å². The molecule has 3 rings (SSSR count). The van der Waals surface area contributed by atoms with E-state index in [1.54, 1.807) is 0 Å². The topological polar surface area (TPSA) is 70.1 Å². The molecule has 0 aliphatic heterocycles. The van der Waals surface area contributed by atoms with Crippen LogP contribution >= 0.6 is 23.1 Å². The molecule has 1 atom stereocenters. The van der Waals surface area contributed by atoms with Gasteiger partial charge in [0.05, 0.1) is 5.25 Å². The molecule has 8 heteroatoms. The third kappa shape index (κ3) is 4.61. The Kier molecular flexibility index (Phi) is 5.25. The molecule has 0 bridgehead atoms. The SMILES string of the molecule is CC(Sc1nnc(NC2CC2)s1)C(=O)Nc1ccc(N(C)C)cc1. The summed E-state index contributed by atoms with van der Waals surface area (Å²) in [6, 6.07) is 8.34. The Morgan fingerprint density at radius 1 is 1.29 bits per heavy atom. The number of carbonyl (C=O) groups is 1. The van der Waals surface area contributed by atoms with Crippen LogP contribution in [0.15, 0.2) is 28.6 Å². The predicted octanol–water partition coefficient (Wildman–Crippen LogP) is 3.30. The molecule has 1 aliphatic carbocycles. The molecular formula is C16H21N5OS2. The summed E-state index contributed by atoms with van der Waals surface area (Å²) in [5, 5.41) is 15.1. The standard InChI is InChI=1S/C16H21N5OS2/c1-10(23-16-20-19-15(24-16)18-12-4-5-12)14(22)17-11-6-8-13(9-7-11)21(2)3/h6-10,12H,4-5H2,1-3H3,(H,17,22)(H,18,19). The Morgan fingerprint density at radius 3 is 2.62 bits per heavy atom.